The number of aryl methyl sites for hydroxylation is 1. The summed E-state index contributed by atoms with van der Waals surface area (Å²) in [6.45, 7) is 1.48. The van der Waals surface area contributed by atoms with E-state index in [1.54, 1.807) is 18.2 Å². The second kappa shape index (κ2) is 5.75. The number of furan rings is 1. The van der Waals surface area contributed by atoms with Gasteiger partial charge in [-0.2, -0.15) is 18.2 Å². The minimum absolute atomic E-state index is 0.0331. The van der Waals surface area contributed by atoms with Crippen LogP contribution in [-0.2, 0) is 12.0 Å². The first kappa shape index (κ1) is 16.2. The van der Waals surface area contributed by atoms with E-state index in [-0.39, 0.29) is 17.5 Å². The second-order valence-electron chi connectivity index (χ2n) is 5.17. The van der Waals surface area contributed by atoms with Crippen LogP contribution in [0.2, 0.25) is 0 Å². The lowest BCUT2D eigenvalue weighted by molar-refractivity contribution is -0.273. The van der Waals surface area contributed by atoms with Crippen LogP contribution in [-0.4, -0.2) is 26.4 Å². The second-order valence-corrected chi connectivity index (χ2v) is 5.17. The van der Waals surface area contributed by atoms with Gasteiger partial charge in [0.1, 0.15) is 17.2 Å². The molecule has 9 heteroatoms. The lowest BCUT2D eigenvalue weighted by atomic mass is 9.95. The zero-order chi connectivity index (χ0) is 17.4. The molecule has 0 bridgehead atoms. The fourth-order valence-corrected chi connectivity index (χ4v) is 2.13. The summed E-state index contributed by atoms with van der Waals surface area (Å²) in [7, 11) is 0. The third kappa shape index (κ3) is 2.90. The highest BCUT2D eigenvalue weighted by atomic mass is 19.4. The van der Waals surface area contributed by atoms with Crippen LogP contribution in [0.25, 0.3) is 11.5 Å². The van der Waals surface area contributed by atoms with E-state index in [9.17, 15) is 18.3 Å². The molecule has 3 aromatic rings. The van der Waals surface area contributed by atoms with Gasteiger partial charge in [0, 0.05) is 6.20 Å². The van der Waals surface area contributed by atoms with Crippen LogP contribution >= 0.6 is 0 Å². The van der Waals surface area contributed by atoms with E-state index in [4.69, 9.17) is 8.94 Å². The molecule has 0 radical (unpaired) electrons. The smallest absolute Gasteiger partial charge is 0.425 e. The van der Waals surface area contributed by atoms with Gasteiger partial charge < -0.3 is 14.0 Å². The molecule has 0 amide bonds. The van der Waals surface area contributed by atoms with Crippen LogP contribution in [0.1, 0.15) is 17.4 Å². The highest BCUT2D eigenvalue weighted by molar-refractivity contribution is 5.47. The number of aliphatic hydroxyl groups is 1. The fraction of sp³-hybridized carbons (Fsp3) is 0.267. The van der Waals surface area contributed by atoms with Crippen molar-refractivity contribution in [2.24, 2.45) is 0 Å². The standard InChI is InChI=1S/C15H12F3N3O3/c1-9-5-6-11(23-9)14(22,15(16,17)18)8-12-20-13(21-24-12)10-4-2-3-7-19-10/h2-7,22H,8H2,1H3/t14-/m0/s1. The Bertz CT molecular complexity index is 829. The molecule has 0 aliphatic carbocycles. The molecule has 24 heavy (non-hydrogen) atoms. The van der Waals surface area contributed by atoms with Crippen molar-refractivity contribution in [1.82, 2.24) is 15.1 Å². The van der Waals surface area contributed by atoms with Gasteiger partial charge in [-0.1, -0.05) is 11.2 Å². The average molecular weight is 339 g/mol. The van der Waals surface area contributed by atoms with E-state index in [0.717, 1.165) is 6.07 Å². The monoisotopic (exact) mass is 339 g/mol. The SMILES string of the molecule is Cc1ccc([C@@](O)(Cc2nc(-c3ccccn3)no2)C(F)(F)F)o1. The zero-order valence-electron chi connectivity index (χ0n) is 12.4. The topological polar surface area (TPSA) is 85.2 Å². The van der Waals surface area contributed by atoms with Crippen LogP contribution in [0.5, 0.6) is 0 Å². The van der Waals surface area contributed by atoms with Crippen LogP contribution < -0.4 is 0 Å². The van der Waals surface area contributed by atoms with Gasteiger partial charge in [0.15, 0.2) is 0 Å². The molecule has 0 saturated heterocycles. The Morgan fingerprint density at radius 2 is 1.96 bits per heavy atom. The Morgan fingerprint density at radius 3 is 2.54 bits per heavy atom. The summed E-state index contributed by atoms with van der Waals surface area (Å²) in [5.74, 6) is -0.743. The van der Waals surface area contributed by atoms with Gasteiger partial charge in [-0.05, 0) is 31.2 Å². The number of pyridine rings is 1. The van der Waals surface area contributed by atoms with Crippen LogP contribution in [0, 0.1) is 6.92 Å². The van der Waals surface area contributed by atoms with E-state index < -0.39 is 24.0 Å². The molecule has 1 N–H and O–H groups in total. The number of halogens is 3. The molecular weight excluding hydrogens is 327 g/mol. The van der Waals surface area contributed by atoms with Crippen molar-refractivity contribution in [1.29, 1.82) is 0 Å². The molecule has 1 atom stereocenters. The summed E-state index contributed by atoms with van der Waals surface area (Å²) in [5.41, 5.74) is -2.92. The van der Waals surface area contributed by atoms with Crippen LogP contribution in [0.15, 0.2) is 45.5 Å². The van der Waals surface area contributed by atoms with Gasteiger partial charge >= 0.3 is 6.18 Å². The van der Waals surface area contributed by atoms with E-state index in [0.29, 0.717) is 5.69 Å². The summed E-state index contributed by atoms with van der Waals surface area (Å²) in [6, 6.07) is 7.33. The molecular formula is C15H12F3N3O3. The van der Waals surface area contributed by atoms with Gasteiger partial charge in [0.05, 0.1) is 6.42 Å². The number of hydrogen-bond acceptors (Lipinski definition) is 6. The van der Waals surface area contributed by atoms with E-state index in [1.807, 2.05) is 0 Å². The molecule has 3 aromatic heterocycles. The van der Waals surface area contributed by atoms with E-state index in [1.165, 1.54) is 19.2 Å². The van der Waals surface area contributed by atoms with Gasteiger partial charge in [0.2, 0.25) is 17.3 Å². The third-order valence-corrected chi connectivity index (χ3v) is 3.39. The Balaban J connectivity index is 1.93. The maximum absolute atomic E-state index is 13.4. The highest BCUT2D eigenvalue weighted by Crippen LogP contribution is 2.42. The molecule has 0 aliphatic rings. The maximum Gasteiger partial charge on any atom is 0.425 e. The summed E-state index contributed by atoms with van der Waals surface area (Å²) in [5, 5.41) is 13.8. The van der Waals surface area contributed by atoms with E-state index >= 15 is 0 Å². The first-order valence-corrected chi connectivity index (χ1v) is 6.89. The van der Waals surface area contributed by atoms with Gasteiger partial charge in [-0.25, -0.2) is 0 Å². The molecule has 0 fully saturated rings. The predicted octanol–water partition coefficient (Wildman–Crippen LogP) is 3.03. The van der Waals surface area contributed by atoms with Crippen molar-refractivity contribution in [2.75, 3.05) is 0 Å². The largest absolute Gasteiger partial charge is 0.463 e. The van der Waals surface area contributed by atoms with Crippen molar-refractivity contribution in [3.8, 4) is 11.5 Å². The lowest BCUT2D eigenvalue weighted by Gasteiger charge is -2.26. The Labute approximate surface area is 133 Å². The van der Waals surface area contributed by atoms with Crippen LogP contribution in [0.4, 0.5) is 13.2 Å². The van der Waals surface area contributed by atoms with Crippen molar-refractivity contribution in [2.45, 2.75) is 25.1 Å². The number of aromatic nitrogens is 3. The number of hydrogen-bond donors (Lipinski definition) is 1. The fourth-order valence-electron chi connectivity index (χ4n) is 2.13. The Morgan fingerprint density at radius 1 is 1.17 bits per heavy atom. The summed E-state index contributed by atoms with van der Waals surface area (Å²) >= 11 is 0. The van der Waals surface area contributed by atoms with Crippen molar-refractivity contribution in [3.05, 3.63) is 53.9 Å². The summed E-state index contributed by atoms with van der Waals surface area (Å²) < 4.78 is 50.0. The molecule has 0 aromatic carbocycles. The quantitative estimate of drug-likeness (QED) is 0.786. The van der Waals surface area contributed by atoms with Gasteiger partial charge in [-0.15, -0.1) is 0 Å². The number of alkyl halides is 3. The van der Waals surface area contributed by atoms with Crippen LogP contribution in [0.3, 0.4) is 0 Å². The van der Waals surface area contributed by atoms with E-state index in [2.05, 4.69) is 15.1 Å². The first-order valence-electron chi connectivity index (χ1n) is 6.89. The van der Waals surface area contributed by atoms with Gasteiger partial charge in [0.25, 0.3) is 0 Å². The maximum atomic E-state index is 13.4. The van der Waals surface area contributed by atoms with Crippen molar-refractivity contribution >= 4 is 0 Å². The summed E-state index contributed by atoms with van der Waals surface area (Å²) in [4.78, 5) is 7.85. The molecule has 0 spiro atoms. The van der Waals surface area contributed by atoms with Crippen molar-refractivity contribution < 1.29 is 27.2 Å². The minimum atomic E-state index is -4.99. The molecule has 3 rings (SSSR count). The molecule has 3 heterocycles. The average Bonchev–Trinajstić information content (AvgIpc) is 3.16. The third-order valence-electron chi connectivity index (χ3n) is 3.39. The molecule has 126 valence electrons. The zero-order valence-corrected chi connectivity index (χ0v) is 12.4. The minimum Gasteiger partial charge on any atom is -0.463 e. The molecule has 6 nitrogen and oxygen atoms in total. The Hall–Kier alpha value is -2.68. The lowest BCUT2D eigenvalue weighted by Crippen LogP contribution is -2.44. The highest BCUT2D eigenvalue weighted by Gasteiger charge is 2.58. The number of rotatable bonds is 4. The van der Waals surface area contributed by atoms with Crippen molar-refractivity contribution in [3.63, 3.8) is 0 Å². The molecule has 0 saturated carbocycles. The number of nitrogens with zero attached hydrogens (tertiary/aromatic N) is 3. The molecule has 0 unspecified atom stereocenters. The summed E-state index contributed by atoms with van der Waals surface area (Å²) in [6.07, 6.45) is -4.47. The van der Waals surface area contributed by atoms with Gasteiger partial charge in [-0.3, -0.25) is 4.98 Å². The first-order chi connectivity index (χ1) is 11.3. The normalized spacial score (nSPS) is 14.5. The molecule has 0 aliphatic heterocycles. The Kier molecular flexibility index (Phi) is 3.88. The predicted molar refractivity (Wildman–Crippen MR) is 74.6 cm³/mol.